The third kappa shape index (κ3) is 5.84. The first kappa shape index (κ1) is 16.2. The van der Waals surface area contributed by atoms with E-state index in [1.807, 2.05) is 12.1 Å². The number of carbonyl (C=O) groups is 2. The van der Waals surface area contributed by atoms with Crippen LogP contribution >= 0.6 is 0 Å². The summed E-state index contributed by atoms with van der Waals surface area (Å²) < 4.78 is 4.63. The van der Waals surface area contributed by atoms with Gasteiger partial charge in [-0.3, -0.25) is 4.79 Å². The van der Waals surface area contributed by atoms with Crippen LogP contribution in [0.4, 0.5) is 0 Å². The van der Waals surface area contributed by atoms with Crippen molar-refractivity contribution in [2.45, 2.75) is 20.4 Å². The molecule has 0 atom stereocenters. The largest absolute Gasteiger partial charge is 0.465 e. The van der Waals surface area contributed by atoms with E-state index < -0.39 is 0 Å². The zero-order valence-electron chi connectivity index (χ0n) is 12.2. The van der Waals surface area contributed by atoms with E-state index in [1.165, 1.54) is 7.11 Å². The molecule has 0 bridgehead atoms. The van der Waals surface area contributed by atoms with E-state index in [9.17, 15) is 9.59 Å². The SMILES string of the molecule is COC(=O)c1ccc(CNCC(=O)NCC(C)C)cc1. The number of esters is 1. The normalized spacial score (nSPS) is 10.4. The molecule has 0 saturated heterocycles. The molecule has 0 aliphatic carbocycles. The first-order valence-electron chi connectivity index (χ1n) is 6.67. The lowest BCUT2D eigenvalue weighted by molar-refractivity contribution is -0.120. The van der Waals surface area contributed by atoms with Crippen LogP contribution < -0.4 is 10.6 Å². The number of nitrogens with one attached hydrogen (secondary N) is 2. The van der Waals surface area contributed by atoms with Gasteiger partial charge in [-0.1, -0.05) is 26.0 Å². The molecule has 1 rings (SSSR count). The van der Waals surface area contributed by atoms with Crippen molar-refractivity contribution in [3.63, 3.8) is 0 Å². The van der Waals surface area contributed by atoms with Crippen LogP contribution in [0.25, 0.3) is 0 Å². The average molecular weight is 278 g/mol. The van der Waals surface area contributed by atoms with Crippen LogP contribution in [-0.2, 0) is 16.1 Å². The molecule has 1 aromatic carbocycles. The van der Waals surface area contributed by atoms with Gasteiger partial charge in [-0.25, -0.2) is 4.79 Å². The summed E-state index contributed by atoms with van der Waals surface area (Å²) in [6.07, 6.45) is 0. The van der Waals surface area contributed by atoms with Crippen molar-refractivity contribution in [3.05, 3.63) is 35.4 Å². The minimum atomic E-state index is -0.349. The highest BCUT2D eigenvalue weighted by atomic mass is 16.5. The third-order valence-corrected chi connectivity index (χ3v) is 2.70. The Hall–Kier alpha value is -1.88. The number of hydrogen-bond donors (Lipinski definition) is 2. The maximum absolute atomic E-state index is 11.5. The predicted molar refractivity (Wildman–Crippen MR) is 77.3 cm³/mol. The second-order valence-corrected chi connectivity index (χ2v) is 4.99. The highest BCUT2D eigenvalue weighted by Gasteiger charge is 2.05. The first-order valence-corrected chi connectivity index (χ1v) is 6.67. The molecule has 110 valence electrons. The summed E-state index contributed by atoms with van der Waals surface area (Å²) >= 11 is 0. The number of ether oxygens (including phenoxy) is 1. The molecule has 0 aliphatic rings. The number of benzene rings is 1. The molecule has 20 heavy (non-hydrogen) atoms. The zero-order valence-corrected chi connectivity index (χ0v) is 12.2. The second-order valence-electron chi connectivity index (χ2n) is 4.99. The van der Waals surface area contributed by atoms with Crippen molar-refractivity contribution in [2.75, 3.05) is 20.2 Å². The van der Waals surface area contributed by atoms with Gasteiger partial charge in [-0.15, -0.1) is 0 Å². The monoisotopic (exact) mass is 278 g/mol. The van der Waals surface area contributed by atoms with Gasteiger partial charge in [-0.2, -0.15) is 0 Å². The Balaban J connectivity index is 2.32. The number of amides is 1. The van der Waals surface area contributed by atoms with Gasteiger partial charge in [0.05, 0.1) is 19.2 Å². The fourth-order valence-electron chi connectivity index (χ4n) is 1.58. The Kier molecular flexibility index (Phi) is 6.73. The van der Waals surface area contributed by atoms with Crippen LogP contribution in [-0.4, -0.2) is 32.1 Å². The van der Waals surface area contributed by atoms with Gasteiger partial charge in [0, 0.05) is 13.1 Å². The van der Waals surface area contributed by atoms with Crippen molar-refractivity contribution in [3.8, 4) is 0 Å². The van der Waals surface area contributed by atoms with Crippen molar-refractivity contribution >= 4 is 11.9 Å². The molecule has 0 fully saturated rings. The van der Waals surface area contributed by atoms with Crippen LogP contribution in [0.15, 0.2) is 24.3 Å². The minimum Gasteiger partial charge on any atom is -0.465 e. The Bertz CT molecular complexity index is 441. The van der Waals surface area contributed by atoms with Crippen molar-refractivity contribution in [1.82, 2.24) is 10.6 Å². The van der Waals surface area contributed by atoms with Crippen molar-refractivity contribution in [1.29, 1.82) is 0 Å². The highest BCUT2D eigenvalue weighted by Crippen LogP contribution is 2.05. The molecular formula is C15H22N2O3. The molecule has 0 spiro atoms. The van der Waals surface area contributed by atoms with Crippen LogP contribution in [0.2, 0.25) is 0 Å². The number of methoxy groups -OCH3 is 1. The maximum atomic E-state index is 11.5. The van der Waals surface area contributed by atoms with Crippen molar-refractivity contribution in [2.24, 2.45) is 5.92 Å². The van der Waals surface area contributed by atoms with E-state index in [1.54, 1.807) is 12.1 Å². The van der Waals surface area contributed by atoms with Gasteiger partial charge in [0.2, 0.25) is 5.91 Å². The predicted octanol–water partition coefficient (Wildman–Crippen LogP) is 1.33. The van der Waals surface area contributed by atoms with E-state index in [4.69, 9.17) is 0 Å². The van der Waals surface area contributed by atoms with E-state index >= 15 is 0 Å². The van der Waals surface area contributed by atoms with E-state index in [-0.39, 0.29) is 18.4 Å². The molecule has 1 aromatic rings. The van der Waals surface area contributed by atoms with E-state index in [0.29, 0.717) is 24.6 Å². The fourth-order valence-corrected chi connectivity index (χ4v) is 1.58. The van der Waals surface area contributed by atoms with Crippen LogP contribution in [0.5, 0.6) is 0 Å². The molecule has 2 N–H and O–H groups in total. The smallest absolute Gasteiger partial charge is 0.337 e. The number of carbonyl (C=O) groups excluding carboxylic acids is 2. The lowest BCUT2D eigenvalue weighted by atomic mass is 10.1. The topological polar surface area (TPSA) is 67.4 Å². The molecule has 5 nitrogen and oxygen atoms in total. The summed E-state index contributed by atoms with van der Waals surface area (Å²) in [6.45, 7) is 5.66. The molecule has 1 amide bonds. The first-order chi connectivity index (χ1) is 9.52. The summed E-state index contributed by atoms with van der Waals surface area (Å²) in [5, 5.41) is 5.90. The molecule has 0 aliphatic heterocycles. The van der Waals surface area contributed by atoms with E-state index in [0.717, 1.165) is 5.56 Å². The average Bonchev–Trinajstić information content (AvgIpc) is 2.45. The van der Waals surface area contributed by atoms with Crippen LogP contribution in [0.1, 0.15) is 29.8 Å². The maximum Gasteiger partial charge on any atom is 0.337 e. The summed E-state index contributed by atoms with van der Waals surface area (Å²) in [5.74, 6) is 0.0901. The summed E-state index contributed by atoms with van der Waals surface area (Å²) in [4.78, 5) is 22.7. The zero-order chi connectivity index (χ0) is 15.0. The molecule has 0 radical (unpaired) electrons. The Morgan fingerprint density at radius 1 is 1.20 bits per heavy atom. The lowest BCUT2D eigenvalue weighted by Gasteiger charge is -2.09. The second kappa shape index (κ2) is 8.32. The lowest BCUT2D eigenvalue weighted by Crippen LogP contribution is -2.35. The van der Waals surface area contributed by atoms with Gasteiger partial charge in [-0.05, 0) is 23.6 Å². The van der Waals surface area contributed by atoms with Gasteiger partial charge < -0.3 is 15.4 Å². The molecule has 0 aromatic heterocycles. The summed E-state index contributed by atoms with van der Waals surface area (Å²) in [6, 6.07) is 7.10. The third-order valence-electron chi connectivity index (χ3n) is 2.70. The Morgan fingerprint density at radius 2 is 1.85 bits per heavy atom. The molecule has 0 unspecified atom stereocenters. The standard InChI is InChI=1S/C15H22N2O3/c1-11(2)8-17-14(18)10-16-9-12-4-6-13(7-5-12)15(19)20-3/h4-7,11,16H,8-10H2,1-3H3,(H,17,18). The fraction of sp³-hybridized carbons (Fsp3) is 0.467. The summed E-state index contributed by atoms with van der Waals surface area (Å²) in [5.41, 5.74) is 1.53. The minimum absolute atomic E-state index is 0.00937. The Morgan fingerprint density at radius 3 is 2.40 bits per heavy atom. The molecule has 5 heteroatoms. The number of hydrogen-bond acceptors (Lipinski definition) is 4. The molecule has 0 heterocycles. The van der Waals surface area contributed by atoms with Gasteiger partial charge in [0.15, 0.2) is 0 Å². The number of rotatable bonds is 7. The van der Waals surface area contributed by atoms with Gasteiger partial charge in [0.1, 0.15) is 0 Å². The quantitative estimate of drug-likeness (QED) is 0.739. The highest BCUT2D eigenvalue weighted by molar-refractivity contribution is 5.89. The Labute approximate surface area is 119 Å². The van der Waals surface area contributed by atoms with E-state index in [2.05, 4.69) is 29.2 Å². The van der Waals surface area contributed by atoms with Crippen LogP contribution in [0, 0.1) is 5.92 Å². The van der Waals surface area contributed by atoms with Crippen molar-refractivity contribution < 1.29 is 14.3 Å². The summed E-state index contributed by atoms with van der Waals surface area (Å²) in [7, 11) is 1.35. The van der Waals surface area contributed by atoms with Crippen LogP contribution in [0.3, 0.4) is 0 Å². The van der Waals surface area contributed by atoms with Gasteiger partial charge >= 0.3 is 5.97 Å². The van der Waals surface area contributed by atoms with Gasteiger partial charge in [0.25, 0.3) is 0 Å². The molecular weight excluding hydrogens is 256 g/mol. The molecule has 0 saturated carbocycles.